The Morgan fingerprint density at radius 3 is 2.17 bits per heavy atom. The van der Waals surface area contributed by atoms with Gasteiger partial charge in [0.2, 0.25) is 0 Å². The number of ether oxygens (including phenoxy) is 1. The maximum Gasteiger partial charge on any atom is 0.326 e. The molecule has 0 saturated heterocycles. The summed E-state index contributed by atoms with van der Waals surface area (Å²) < 4.78 is 6.58. The molecule has 2 aliphatic rings. The van der Waals surface area contributed by atoms with Gasteiger partial charge in [0.1, 0.15) is 6.04 Å². The highest BCUT2D eigenvalue weighted by Crippen LogP contribution is 2.44. The maximum absolute atomic E-state index is 14.1. The summed E-state index contributed by atoms with van der Waals surface area (Å²) in [5.41, 5.74) is 8.76. The van der Waals surface area contributed by atoms with Crippen molar-refractivity contribution < 1.29 is 19.1 Å². The second-order valence-electron chi connectivity index (χ2n) is 14.0. The second-order valence-corrected chi connectivity index (χ2v) is 14.4. The summed E-state index contributed by atoms with van der Waals surface area (Å²) in [5.74, 6) is -0.494. The fraction of sp³-hybridized carbons (Fsp3) is 0.375. The van der Waals surface area contributed by atoms with Crippen molar-refractivity contribution in [3.8, 4) is 0 Å². The van der Waals surface area contributed by atoms with Gasteiger partial charge in [-0.25, -0.2) is 0 Å². The first kappa shape index (κ1) is 34.3. The molecule has 0 radical (unpaired) electrons. The lowest BCUT2D eigenvalue weighted by molar-refractivity contribution is -0.155. The van der Waals surface area contributed by atoms with Crippen LogP contribution in [0.25, 0.3) is 0 Å². The van der Waals surface area contributed by atoms with Gasteiger partial charge in [-0.05, 0) is 42.2 Å². The van der Waals surface area contributed by atoms with Crippen molar-refractivity contribution in [2.24, 2.45) is 17.1 Å². The van der Waals surface area contributed by atoms with Crippen molar-refractivity contribution >= 4 is 29.1 Å². The van der Waals surface area contributed by atoms with Gasteiger partial charge in [-0.1, -0.05) is 124 Å². The predicted octanol–water partition coefficient (Wildman–Crippen LogP) is 7.78. The Morgan fingerprint density at radius 1 is 0.957 bits per heavy atom. The zero-order chi connectivity index (χ0) is 33.8. The Morgan fingerprint density at radius 2 is 1.57 bits per heavy atom. The smallest absolute Gasteiger partial charge is 0.326 e. The number of halogens is 1. The van der Waals surface area contributed by atoms with Crippen molar-refractivity contribution in [1.82, 2.24) is 5.32 Å². The largest absolute Gasteiger partial charge is 0.443 e. The minimum atomic E-state index is -1.40. The molecular formula is C40H45ClN2O4. The van der Waals surface area contributed by atoms with Gasteiger partial charge >= 0.3 is 5.97 Å². The molecule has 0 amide bonds. The van der Waals surface area contributed by atoms with Crippen LogP contribution < -0.4 is 11.1 Å². The highest BCUT2D eigenvalue weighted by molar-refractivity contribution is 6.31. The van der Waals surface area contributed by atoms with Crippen LogP contribution in [0.15, 0.2) is 102 Å². The van der Waals surface area contributed by atoms with Crippen LogP contribution in [-0.4, -0.2) is 30.1 Å². The molecule has 0 spiro atoms. The lowest BCUT2D eigenvalue weighted by Gasteiger charge is -2.37. The zero-order valence-electron chi connectivity index (χ0n) is 27.7. The van der Waals surface area contributed by atoms with E-state index in [1.165, 1.54) is 5.56 Å². The minimum Gasteiger partial charge on any atom is -0.443 e. The van der Waals surface area contributed by atoms with E-state index in [9.17, 15) is 14.4 Å². The number of allylic oxidation sites excluding steroid dienone is 4. The van der Waals surface area contributed by atoms with E-state index in [1.54, 1.807) is 6.07 Å². The number of esters is 1. The number of carbonyl (C=O) groups excluding carboxylic acids is 3. The summed E-state index contributed by atoms with van der Waals surface area (Å²) in [7, 11) is 0. The van der Waals surface area contributed by atoms with Crippen molar-refractivity contribution in [1.29, 1.82) is 0 Å². The molecule has 3 N–H and O–H groups in total. The summed E-state index contributed by atoms with van der Waals surface area (Å²) in [6.45, 7) is 7.87. The molecule has 0 aliphatic heterocycles. The van der Waals surface area contributed by atoms with Gasteiger partial charge in [-0.15, -0.1) is 0 Å². The molecule has 1 fully saturated rings. The van der Waals surface area contributed by atoms with Gasteiger partial charge in [0.25, 0.3) is 0 Å². The number of nitrogens with one attached hydrogen (secondary N) is 1. The highest BCUT2D eigenvalue weighted by atomic mass is 35.5. The molecule has 246 valence electrons. The fourth-order valence-electron chi connectivity index (χ4n) is 6.76. The number of nitrogens with two attached hydrogens (primary N) is 1. The molecule has 1 saturated carbocycles. The van der Waals surface area contributed by atoms with Crippen molar-refractivity contribution in [2.45, 2.75) is 77.4 Å². The number of carbonyl (C=O) groups is 3. The SMILES string of the molecule is CC(C)CC(NCC(N)C(=O)OC(c1ccccc1)(c1ccc(C2C=CCC2)cc1)c1ccccc1Cl)=C1C(=O)CC(C)(C)CC1=O. The first-order chi connectivity index (χ1) is 22.4. The molecule has 3 atom stereocenters. The number of hydrogen-bond donors (Lipinski definition) is 2. The predicted molar refractivity (Wildman–Crippen MR) is 187 cm³/mol. The maximum atomic E-state index is 14.1. The quantitative estimate of drug-likeness (QED) is 0.0722. The van der Waals surface area contributed by atoms with E-state index in [1.807, 2.05) is 88.4 Å². The van der Waals surface area contributed by atoms with Crippen molar-refractivity contribution in [3.63, 3.8) is 0 Å². The Balaban J connectivity index is 1.50. The highest BCUT2D eigenvalue weighted by Gasteiger charge is 2.43. The minimum absolute atomic E-state index is 0.0192. The Kier molecular flexibility index (Phi) is 10.5. The zero-order valence-corrected chi connectivity index (χ0v) is 28.5. The van der Waals surface area contributed by atoms with Crippen molar-refractivity contribution in [3.05, 3.63) is 130 Å². The van der Waals surface area contributed by atoms with Crippen LogP contribution >= 0.6 is 11.6 Å². The second kappa shape index (κ2) is 14.4. The Bertz CT molecular complexity index is 1650. The molecule has 0 aromatic heterocycles. The van der Waals surface area contributed by atoms with Crippen LogP contribution in [-0.2, 0) is 24.7 Å². The number of rotatable bonds is 11. The van der Waals surface area contributed by atoms with Crippen LogP contribution in [0, 0.1) is 11.3 Å². The average Bonchev–Trinajstić information content (AvgIpc) is 3.57. The Labute approximate surface area is 283 Å². The van der Waals surface area contributed by atoms with Gasteiger partial charge < -0.3 is 15.8 Å². The van der Waals surface area contributed by atoms with Crippen molar-refractivity contribution in [2.75, 3.05) is 6.54 Å². The number of benzene rings is 3. The van der Waals surface area contributed by atoms with E-state index in [0.717, 1.165) is 24.0 Å². The molecule has 0 heterocycles. The molecule has 3 aromatic carbocycles. The molecular weight excluding hydrogens is 608 g/mol. The molecule has 3 aromatic rings. The van der Waals surface area contributed by atoms with Crippen LogP contribution in [0.3, 0.4) is 0 Å². The standard InChI is InChI=1S/C40H45ClN2O4/c1-26(2)22-34(37-35(44)23-39(3,4)24-36(37)45)43-25-33(42)38(46)47-40(29-14-6-5-7-15-29,31-16-10-11-17-32(31)41)30-20-18-28(19-21-30)27-12-8-9-13-27/h5-8,10-12,14-21,26-27,33,43H,9,13,22-25,42H2,1-4H3. The normalized spacial score (nSPS) is 19.4. The lowest BCUT2D eigenvalue weighted by Crippen LogP contribution is -2.46. The first-order valence-corrected chi connectivity index (χ1v) is 16.9. The number of hydrogen-bond acceptors (Lipinski definition) is 6. The van der Waals surface area contributed by atoms with Crippen LogP contribution in [0.2, 0.25) is 5.02 Å². The molecule has 5 rings (SSSR count). The van der Waals surface area contributed by atoms with E-state index in [-0.39, 0.29) is 35.0 Å². The third kappa shape index (κ3) is 7.61. The van der Waals surface area contributed by atoms with Gasteiger partial charge in [0.15, 0.2) is 17.2 Å². The summed E-state index contributed by atoms with van der Waals surface area (Å²) >= 11 is 6.88. The summed E-state index contributed by atoms with van der Waals surface area (Å²) in [6.07, 6.45) is 7.62. The number of Topliss-reactive ketones (excluding diaryl/α,β-unsaturated/α-hetero) is 2. The first-order valence-electron chi connectivity index (χ1n) is 16.5. The molecule has 2 aliphatic carbocycles. The molecule has 7 heteroatoms. The summed E-state index contributed by atoms with van der Waals surface area (Å²) in [5, 5.41) is 3.67. The summed E-state index contributed by atoms with van der Waals surface area (Å²) in [4.78, 5) is 40.4. The molecule has 0 bridgehead atoms. The topological polar surface area (TPSA) is 98.5 Å². The van der Waals surface area contributed by atoms with E-state index in [2.05, 4.69) is 29.6 Å². The number of ketones is 2. The van der Waals surface area contributed by atoms with E-state index in [0.29, 0.717) is 41.5 Å². The third-order valence-electron chi connectivity index (χ3n) is 9.03. The summed E-state index contributed by atoms with van der Waals surface area (Å²) in [6, 6.07) is 24.0. The van der Waals surface area contributed by atoms with Gasteiger partial charge in [-0.2, -0.15) is 0 Å². The van der Waals surface area contributed by atoms with Crippen LogP contribution in [0.5, 0.6) is 0 Å². The Hall–Kier alpha value is -4.00. The van der Waals surface area contributed by atoms with Crippen LogP contribution in [0.1, 0.15) is 88.0 Å². The van der Waals surface area contributed by atoms with E-state index >= 15 is 0 Å². The van der Waals surface area contributed by atoms with Gasteiger partial charge in [0.05, 0.1) is 5.57 Å². The van der Waals surface area contributed by atoms with Crippen LogP contribution in [0.4, 0.5) is 0 Å². The molecule has 3 unspecified atom stereocenters. The van der Waals surface area contributed by atoms with E-state index in [4.69, 9.17) is 22.1 Å². The monoisotopic (exact) mass is 652 g/mol. The fourth-order valence-corrected chi connectivity index (χ4v) is 7.03. The van der Waals surface area contributed by atoms with E-state index < -0.39 is 17.6 Å². The van der Waals surface area contributed by atoms with Gasteiger partial charge in [0, 0.05) is 52.7 Å². The van der Waals surface area contributed by atoms with Gasteiger partial charge in [-0.3, -0.25) is 14.4 Å². The third-order valence-corrected chi connectivity index (χ3v) is 9.36. The average molecular weight is 653 g/mol. The molecule has 6 nitrogen and oxygen atoms in total. The molecule has 47 heavy (non-hydrogen) atoms. The lowest BCUT2D eigenvalue weighted by atomic mass is 9.73.